The number of rotatable bonds is 3. The number of nitrogens with zero attached hydrogens (tertiary/aromatic N) is 1. The molecule has 1 aliphatic carbocycles. The summed E-state index contributed by atoms with van der Waals surface area (Å²) in [6.45, 7) is 3.30. The van der Waals surface area contributed by atoms with Crippen molar-refractivity contribution in [2.75, 3.05) is 17.6 Å². The smallest absolute Gasteiger partial charge is 0.149 e. The van der Waals surface area contributed by atoms with Gasteiger partial charge in [0, 0.05) is 12.7 Å². The lowest BCUT2D eigenvalue weighted by molar-refractivity contribution is 0.268. The number of aromatic nitrogens is 1. The molecule has 1 aromatic rings. The summed E-state index contributed by atoms with van der Waals surface area (Å²) in [5, 5.41) is 3.93. The van der Waals surface area contributed by atoms with Gasteiger partial charge in [0.05, 0.1) is 10.7 Å². The normalized spacial score (nSPS) is 24.6. The highest BCUT2D eigenvalue weighted by atomic mass is 35.5. The molecule has 1 heterocycles. The Balaban J connectivity index is 1.92. The Bertz CT molecular complexity index is 381. The fraction of sp³-hybridized carbons (Fsp3) is 0.615. The van der Waals surface area contributed by atoms with Gasteiger partial charge in [-0.3, -0.25) is 0 Å². The van der Waals surface area contributed by atoms with Crippen LogP contribution in [0.15, 0.2) is 12.3 Å². The van der Waals surface area contributed by atoms with E-state index in [2.05, 4.69) is 17.2 Å². The van der Waals surface area contributed by atoms with Crippen molar-refractivity contribution in [2.45, 2.75) is 32.6 Å². The van der Waals surface area contributed by atoms with Crippen LogP contribution in [0.3, 0.4) is 0 Å². The summed E-state index contributed by atoms with van der Waals surface area (Å²) < 4.78 is 0. The first-order chi connectivity index (χ1) is 8.16. The zero-order valence-electron chi connectivity index (χ0n) is 10.2. The molecule has 1 fully saturated rings. The standard InChI is InChI=1S/C13H20ClN3/c1-9-4-2-3-5-10(9)7-16-13-12(15)6-11(14)8-17-13/h6,8-10H,2-5,7,15H2,1H3,(H,16,17). The fourth-order valence-electron chi connectivity index (χ4n) is 2.53. The van der Waals surface area contributed by atoms with E-state index >= 15 is 0 Å². The molecule has 0 aromatic carbocycles. The van der Waals surface area contributed by atoms with Crippen LogP contribution in [0.25, 0.3) is 0 Å². The third kappa shape index (κ3) is 3.25. The Morgan fingerprint density at radius 2 is 2.24 bits per heavy atom. The van der Waals surface area contributed by atoms with E-state index in [4.69, 9.17) is 17.3 Å². The number of pyridine rings is 1. The third-order valence-electron chi connectivity index (χ3n) is 3.70. The van der Waals surface area contributed by atoms with Crippen LogP contribution in [0.4, 0.5) is 11.5 Å². The van der Waals surface area contributed by atoms with E-state index in [1.165, 1.54) is 25.7 Å². The predicted octanol–water partition coefficient (Wildman–Crippen LogP) is 3.56. The first kappa shape index (κ1) is 12.5. The highest BCUT2D eigenvalue weighted by Crippen LogP contribution is 2.30. The van der Waals surface area contributed by atoms with Crippen molar-refractivity contribution in [2.24, 2.45) is 11.8 Å². The van der Waals surface area contributed by atoms with Gasteiger partial charge in [0.1, 0.15) is 5.82 Å². The van der Waals surface area contributed by atoms with E-state index < -0.39 is 0 Å². The van der Waals surface area contributed by atoms with Crippen molar-refractivity contribution in [1.29, 1.82) is 0 Å². The minimum atomic E-state index is 0.582. The minimum absolute atomic E-state index is 0.582. The lowest BCUT2D eigenvalue weighted by atomic mass is 9.80. The fourth-order valence-corrected chi connectivity index (χ4v) is 2.69. The molecule has 0 bridgehead atoms. The molecule has 94 valence electrons. The van der Waals surface area contributed by atoms with Crippen molar-refractivity contribution >= 4 is 23.1 Å². The average Bonchev–Trinajstić information content (AvgIpc) is 2.30. The topological polar surface area (TPSA) is 50.9 Å². The molecule has 2 unspecified atom stereocenters. The van der Waals surface area contributed by atoms with Crippen LogP contribution in [0.2, 0.25) is 5.02 Å². The van der Waals surface area contributed by atoms with E-state index in [-0.39, 0.29) is 0 Å². The number of nitrogen functional groups attached to an aromatic ring is 1. The molecule has 1 saturated carbocycles. The SMILES string of the molecule is CC1CCCCC1CNc1ncc(Cl)cc1N. The van der Waals surface area contributed by atoms with Gasteiger partial charge in [-0.25, -0.2) is 4.98 Å². The van der Waals surface area contributed by atoms with Crippen molar-refractivity contribution in [3.05, 3.63) is 17.3 Å². The lowest BCUT2D eigenvalue weighted by Crippen LogP contribution is -2.24. The Morgan fingerprint density at radius 1 is 1.47 bits per heavy atom. The van der Waals surface area contributed by atoms with E-state index in [1.807, 2.05) is 0 Å². The summed E-state index contributed by atoms with van der Waals surface area (Å²) >= 11 is 5.82. The molecule has 0 spiro atoms. The van der Waals surface area contributed by atoms with Crippen molar-refractivity contribution in [1.82, 2.24) is 4.98 Å². The van der Waals surface area contributed by atoms with E-state index in [0.717, 1.165) is 24.2 Å². The molecular weight excluding hydrogens is 234 g/mol. The summed E-state index contributed by atoms with van der Waals surface area (Å²) in [5.74, 6) is 2.29. The van der Waals surface area contributed by atoms with Gasteiger partial charge in [-0.15, -0.1) is 0 Å². The van der Waals surface area contributed by atoms with Crippen molar-refractivity contribution < 1.29 is 0 Å². The number of hydrogen-bond acceptors (Lipinski definition) is 3. The highest BCUT2D eigenvalue weighted by molar-refractivity contribution is 6.30. The van der Waals surface area contributed by atoms with Gasteiger partial charge in [0.25, 0.3) is 0 Å². The van der Waals surface area contributed by atoms with Crippen LogP contribution in [0.5, 0.6) is 0 Å². The lowest BCUT2D eigenvalue weighted by Gasteiger charge is -2.29. The van der Waals surface area contributed by atoms with Crippen LogP contribution in [0.1, 0.15) is 32.6 Å². The molecule has 0 saturated heterocycles. The molecule has 2 atom stereocenters. The molecule has 1 aromatic heterocycles. The van der Waals surface area contributed by atoms with Crippen molar-refractivity contribution in [3.63, 3.8) is 0 Å². The summed E-state index contributed by atoms with van der Waals surface area (Å²) in [4.78, 5) is 4.22. The second kappa shape index (κ2) is 5.58. The van der Waals surface area contributed by atoms with Gasteiger partial charge < -0.3 is 11.1 Å². The van der Waals surface area contributed by atoms with Crippen LogP contribution in [-0.4, -0.2) is 11.5 Å². The van der Waals surface area contributed by atoms with Gasteiger partial charge in [-0.1, -0.05) is 37.8 Å². The molecule has 17 heavy (non-hydrogen) atoms. The van der Waals surface area contributed by atoms with E-state index in [9.17, 15) is 0 Å². The Hall–Kier alpha value is -0.960. The van der Waals surface area contributed by atoms with Gasteiger partial charge in [0.15, 0.2) is 0 Å². The van der Waals surface area contributed by atoms with E-state index in [1.54, 1.807) is 12.3 Å². The molecule has 0 aliphatic heterocycles. The third-order valence-corrected chi connectivity index (χ3v) is 3.91. The molecule has 3 nitrogen and oxygen atoms in total. The molecule has 1 aliphatic rings. The summed E-state index contributed by atoms with van der Waals surface area (Å²) in [7, 11) is 0. The largest absolute Gasteiger partial charge is 0.396 e. The predicted molar refractivity (Wildman–Crippen MR) is 73.3 cm³/mol. The minimum Gasteiger partial charge on any atom is -0.396 e. The number of nitrogens with one attached hydrogen (secondary N) is 1. The van der Waals surface area contributed by atoms with Crippen LogP contribution in [0, 0.1) is 11.8 Å². The monoisotopic (exact) mass is 253 g/mol. The number of hydrogen-bond donors (Lipinski definition) is 2. The number of anilines is 2. The Morgan fingerprint density at radius 3 is 2.94 bits per heavy atom. The highest BCUT2D eigenvalue weighted by Gasteiger charge is 2.21. The number of nitrogens with two attached hydrogens (primary N) is 1. The molecule has 0 radical (unpaired) electrons. The van der Waals surface area contributed by atoms with Gasteiger partial charge in [-0.05, 0) is 24.3 Å². The summed E-state index contributed by atoms with van der Waals surface area (Å²) in [6.07, 6.45) is 7.00. The molecule has 4 heteroatoms. The number of halogens is 1. The molecular formula is C13H20ClN3. The molecule has 3 N–H and O–H groups in total. The Labute approximate surface area is 108 Å². The van der Waals surface area contributed by atoms with Crippen LogP contribution < -0.4 is 11.1 Å². The maximum absolute atomic E-state index is 5.86. The van der Waals surface area contributed by atoms with Crippen LogP contribution in [-0.2, 0) is 0 Å². The Kier molecular flexibility index (Phi) is 4.11. The van der Waals surface area contributed by atoms with Gasteiger partial charge >= 0.3 is 0 Å². The van der Waals surface area contributed by atoms with Crippen molar-refractivity contribution in [3.8, 4) is 0 Å². The molecule has 0 amide bonds. The maximum Gasteiger partial charge on any atom is 0.149 e. The second-order valence-electron chi connectivity index (χ2n) is 4.99. The van der Waals surface area contributed by atoms with Gasteiger partial charge in [0.2, 0.25) is 0 Å². The van der Waals surface area contributed by atoms with Crippen LogP contribution >= 0.6 is 11.6 Å². The van der Waals surface area contributed by atoms with Gasteiger partial charge in [-0.2, -0.15) is 0 Å². The first-order valence-electron chi connectivity index (χ1n) is 6.31. The second-order valence-corrected chi connectivity index (χ2v) is 5.43. The zero-order chi connectivity index (χ0) is 12.3. The summed E-state index contributed by atoms with van der Waals surface area (Å²) in [5.41, 5.74) is 6.49. The summed E-state index contributed by atoms with van der Waals surface area (Å²) in [6, 6.07) is 1.74. The zero-order valence-corrected chi connectivity index (χ0v) is 11.0. The quantitative estimate of drug-likeness (QED) is 0.866. The maximum atomic E-state index is 5.86. The van der Waals surface area contributed by atoms with E-state index in [0.29, 0.717) is 10.7 Å². The first-order valence-corrected chi connectivity index (χ1v) is 6.69. The average molecular weight is 254 g/mol. The molecule has 2 rings (SSSR count).